The summed E-state index contributed by atoms with van der Waals surface area (Å²) in [5.41, 5.74) is -1.32. The van der Waals surface area contributed by atoms with E-state index in [9.17, 15) is 22.4 Å². The number of aromatic nitrogens is 1. The Kier molecular flexibility index (Phi) is 4.42. The van der Waals surface area contributed by atoms with Crippen LogP contribution in [0.25, 0.3) is 0 Å². The minimum atomic E-state index is -3.04. The van der Waals surface area contributed by atoms with Crippen LogP contribution in [0.2, 0.25) is 0 Å². The van der Waals surface area contributed by atoms with Crippen molar-refractivity contribution >= 4 is 5.97 Å². The number of carbonyl (C=O) groups is 1. The van der Waals surface area contributed by atoms with E-state index in [1.54, 1.807) is 0 Å². The first-order valence-corrected chi connectivity index (χ1v) is 4.74. The molecule has 0 radical (unpaired) electrons. The number of esters is 1. The predicted molar refractivity (Wildman–Crippen MR) is 49.4 cm³/mol. The number of pyridine rings is 1. The predicted octanol–water partition coefficient (Wildman–Crippen LogP) is 2.40. The zero-order chi connectivity index (χ0) is 13.0. The van der Waals surface area contributed by atoms with Gasteiger partial charge in [-0.3, -0.25) is 4.79 Å². The summed E-state index contributed by atoms with van der Waals surface area (Å²) in [6.45, 7) is 1.59. The van der Waals surface area contributed by atoms with Gasteiger partial charge in [0.2, 0.25) is 5.95 Å². The van der Waals surface area contributed by atoms with Gasteiger partial charge in [-0.1, -0.05) is 0 Å². The second kappa shape index (κ2) is 5.60. The van der Waals surface area contributed by atoms with Gasteiger partial charge in [-0.15, -0.1) is 0 Å². The van der Waals surface area contributed by atoms with E-state index in [1.807, 2.05) is 0 Å². The molecule has 0 aliphatic heterocycles. The van der Waals surface area contributed by atoms with Gasteiger partial charge >= 0.3 is 5.97 Å². The van der Waals surface area contributed by atoms with Gasteiger partial charge in [0.1, 0.15) is 0 Å². The van der Waals surface area contributed by atoms with E-state index >= 15 is 0 Å². The summed E-state index contributed by atoms with van der Waals surface area (Å²) in [6.07, 6.45) is -3.66. The Morgan fingerprint density at radius 1 is 1.47 bits per heavy atom. The maximum Gasteiger partial charge on any atom is 0.311 e. The molecule has 0 bridgehead atoms. The SMILES string of the molecule is CCOC(=O)Cc1nc(F)c(F)cc1C(F)F. The molecule has 1 aromatic rings. The third-order valence-electron chi connectivity index (χ3n) is 1.90. The first-order valence-electron chi connectivity index (χ1n) is 4.74. The summed E-state index contributed by atoms with van der Waals surface area (Å²) in [6, 6.07) is 0.335. The fourth-order valence-electron chi connectivity index (χ4n) is 1.20. The van der Waals surface area contributed by atoms with Crippen LogP contribution < -0.4 is 0 Å². The summed E-state index contributed by atoms with van der Waals surface area (Å²) in [5, 5.41) is 0. The molecular weight excluding hydrogens is 242 g/mol. The van der Waals surface area contributed by atoms with Crippen LogP contribution in [0.5, 0.6) is 0 Å². The highest BCUT2D eigenvalue weighted by atomic mass is 19.3. The van der Waals surface area contributed by atoms with Crippen LogP contribution in [-0.2, 0) is 16.0 Å². The molecule has 0 fully saturated rings. The molecule has 0 amide bonds. The lowest BCUT2D eigenvalue weighted by Crippen LogP contribution is -2.12. The van der Waals surface area contributed by atoms with Crippen molar-refractivity contribution in [3.05, 3.63) is 29.1 Å². The molecule has 0 aromatic carbocycles. The Balaban J connectivity index is 3.04. The van der Waals surface area contributed by atoms with Crippen LogP contribution >= 0.6 is 0 Å². The van der Waals surface area contributed by atoms with Crippen LogP contribution in [-0.4, -0.2) is 17.6 Å². The monoisotopic (exact) mass is 251 g/mol. The molecular formula is C10H9F4NO2. The fourth-order valence-corrected chi connectivity index (χ4v) is 1.20. The third-order valence-corrected chi connectivity index (χ3v) is 1.90. The summed E-state index contributed by atoms with van der Waals surface area (Å²) in [7, 11) is 0. The van der Waals surface area contributed by atoms with E-state index in [0.29, 0.717) is 6.07 Å². The molecule has 0 N–H and O–H groups in total. The summed E-state index contributed by atoms with van der Waals surface area (Å²) < 4.78 is 55.0. The molecule has 0 atom stereocenters. The van der Waals surface area contributed by atoms with Gasteiger partial charge < -0.3 is 4.74 Å². The van der Waals surface area contributed by atoms with Crippen LogP contribution in [0.1, 0.15) is 24.6 Å². The van der Waals surface area contributed by atoms with Gasteiger partial charge in [0.05, 0.1) is 18.7 Å². The Labute approximate surface area is 94.4 Å². The van der Waals surface area contributed by atoms with Gasteiger partial charge in [0.15, 0.2) is 5.82 Å². The first-order chi connectivity index (χ1) is 7.95. The number of halogens is 4. The van der Waals surface area contributed by atoms with Gasteiger partial charge in [0.25, 0.3) is 6.43 Å². The lowest BCUT2D eigenvalue weighted by atomic mass is 10.1. The van der Waals surface area contributed by atoms with Crippen LogP contribution in [0, 0.1) is 11.8 Å². The highest BCUT2D eigenvalue weighted by Gasteiger charge is 2.20. The molecule has 0 spiro atoms. The summed E-state index contributed by atoms with van der Waals surface area (Å²) in [5.74, 6) is -3.82. The van der Waals surface area contributed by atoms with Crippen molar-refractivity contribution in [2.45, 2.75) is 19.8 Å². The maximum absolute atomic E-state index is 12.8. The average molecular weight is 251 g/mol. The largest absolute Gasteiger partial charge is 0.466 e. The topological polar surface area (TPSA) is 39.2 Å². The zero-order valence-corrected chi connectivity index (χ0v) is 8.84. The standard InChI is InChI=1S/C10H9F4NO2/c1-2-17-8(16)4-7-5(9(12)13)3-6(11)10(14)15-7/h3,9H,2,4H2,1H3. The molecule has 94 valence electrons. The van der Waals surface area contributed by atoms with Gasteiger partial charge in [-0.2, -0.15) is 4.39 Å². The molecule has 17 heavy (non-hydrogen) atoms. The lowest BCUT2D eigenvalue weighted by molar-refractivity contribution is -0.142. The smallest absolute Gasteiger partial charge is 0.311 e. The van der Waals surface area contributed by atoms with Crippen molar-refractivity contribution in [1.29, 1.82) is 0 Å². The summed E-state index contributed by atoms with van der Waals surface area (Å²) >= 11 is 0. The van der Waals surface area contributed by atoms with Crippen molar-refractivity contribution in [3.8, 4) is 0 Å². The number of hydrogen-bond acceptors (Lipinski definition) is 3. The second-order valence-corrected chi connectivity index (χ2v) is 3.08. The number of rotatable bonds is 4. The van der Waals surface area contributed by atoms with E-state index in [-0.39, 0.29) is 6.61 Å². The maximum atomic E-state index is 12.8. The third kappa shape index (κ3) is 3.40. The van der Waals surface area contributed by atoms with E-state index < -0.39 is 41.8 Å². The molecule has 0 aliphatic rings. The number of alkyl halides is 2. The minimum absolute atomic E-state index is 0.0620. The molecule has 1 rings (SSSR count). The van der Waals surface area contributed by atoms with E-state index in [1.165, 1.54) is 6.92 Å². The number of hydrogen-bond donors (Lipinski definition) is 0. The van der Waals surface area contributed by atoms with Crippen LogP contribution in [0.3, 0.4) is 0 Å². The normalized spacial score (nSPS) is 10.7. The lowest BCUT2D eigenvalue weighted by Gasteiger charge is -2.08. The van der Waals surface area contributed by atoms with E-state index in [2.05, 4.69) is 9.72 Å². The van der Waals surface area contributed by atoms with Gasteiger partial charge in [-0.25, -0.2) is 18.2 Å². The van der Waals surface area contributed by atoms with Crippen LogP contribution in [0.15, 0.2) is 6.07 Å². The van der Waals surface area contributed by atoms with E-state index in [0.717, 1.165) is 0 Å². The van der Waals surface area contributed by atoms with Gasteiger partial charge in [-0.05, 0) is 13.0 Å². The molecule has 1 heterocycles. The van der Waals surface area contributed by atoms with E-state index in [4.69, 9.17) is 0 Å². The molecule has 0 saturated heterocycles. The zero-order valence-electron chi connectivity index (χ0n) is 8.84. The highest BCUT2D eigenvalue weighted by Crippen LogP contribution is 2.24. The number of ether oxygens (including phenoxy) is 1. The summed E-state index contributed by atoms with van der Waals surface area (Å²) in [4.78, 5) is 14.1. The molecule has 7 heteroatoms. The fraction of sp³-hybridized carbons (Fsp3) is 0.400. The Morgan fingerprint density at radius 3 is 2.65 bits per heavy atom. The Morgan fingerprint density at radius 2 is 2.12 bits per heavy atom. The van der Waals surface area contributed by atoms with Gasteiger partial charge in [0, 0.05) is 5.56 Å². The van der Waals surface area contributed by atoms with Crippen molar-refractivity contribution < 1.29 is 27.1 Å². The Bertz CT molecular complexity index is 423. The second-order valence-electron chi connectivity index (χ2n) is 3.08. The molecule has 1 aromatic heterocycles. The van der Waals surface area contributed by atoms with Crippen LogP contribution in [0.4, 0.5) is 17.6 Å². The average Bonchev–Trinajstić information content (AvgIpc) is 2.23. The number of nitrogens with zero attached hydrogens (tertiary/aromatic N) is 1. The molecule has 3 nitrogen and oxygen atoms in total. The highest BCUT2D eigenvalue weighted by molar-refractivity contribution is 5.72. The van der Waals surface area contributed by atoms with Crippen molar-refractivity contribution in [2.24, 2.45) is 0 Å². The van der Waals surface area contributed by atoms with Crippen molar-refractivity contribution in [1.82, 2.24) is 4.98 Å². The quantitative estimate of drug-likeness (QED) is 0.468. The molecule has 0 aliphatic carbocycles. The first kappa shape index (κ1) is 13.4. The Hall–Kier alpha value is -1.66. The molecule has 0 unspecified atom stereocenters. The molecule has 0 saturated carbocycles. The minimum Gasteiger partial charge on any atom is -0.466 e. The van der Waals surface area contributed by atoms with Crippen molar-refractivity contribution in [3.63, 3.8) is 0 Å². The van der Waals surface area contributed by atoms with Crippen molar-refractivity contribution in [2.75, 3.05) is 6.61 Å². The number of carbonyl (C=O) groups excluding carboxylic acids is 1.